The summed E-state index contributed by atoms with van der Waals surface area (Å²) in [5, 5.41) is 0. The molecular formula is C101H112N4O4+4. The lowest BCUT2D eigenvalue weighted by molar-refractivity contribution is -0.660. The molecule has 109 heavy (non-hydrogen) atoms. The van der Waals surface area contributed by atoms with Gasteiger partial charge in [-0.3, -0.25) is 0 Å². The summed E-state index contributed by atoms with van der Waals surface area (Å²) in [5.41, 5.74) is 27.9. The van der Waals surface area contributed by atoms with Crippen LogP contribution in [0.5, 0.6) is 23.0 Å². The van der Waals surface area contributed by atoms with E-state index in [2.05, 4.69) is 358 Å². The first-order valence-corrected chi connectivity index (χ1v) is 38.8. The molecule has 8 nitrogen and oxygen atoms in total. The zero-order valence-corrected chi connectivity index (χ0v) is 68.4. The van der Waals surface area contributed by atoms with Gasteiger partial charge in [0.15, 0.2) is 24.8 Å². The minimum atomic E-state index is -2.20. The van der Waals surface area contributed by atoms with E-state index in [1.54, 1.807) is 0 Å². The van der Waals surface area contributed by atoms with Gasteiger partial charge in [0, 0.05) is 123 Å². The number of nitrogens with zero attached hydrogens (tertiary/aromatic N) is 4. The largest absolute Gasteiger partial charge is 0.487 e. The number of pyridine rings is 4. The number of ether oxygens (including phenoxy) is 4. The highest BCUT2D eigenvalue weighted by Crippen LogP contribution is 2.64. The summed E-state index contributed by atoms with van der Waals surface area (Å²) in [4.78, 5) is 0. The average molecular weight is 1450 g/mol. The van der Waals surface area contributed by atoms with Crippen LogP contribution in [0.1, 0.15) is 164 Å². The van der Waals surface area contributed by atoms with E-state index < -0.39 is 6.85 Å². The van der Waals surface area contributed by atoms with Crippen molar-refractivity contribution in [2.45, 2.75) is 188 Å². The topological polar surface area (TPSA) is 52.4 Å². The van der Waals surface area contributed by atoms with Crippen LogP contribution in [-0.4, -0.2) is 22.4 Å². The van der Waals surface area contributed by atoms with Crippen molar-refractivity contribution in [2.75, 3.05) is 0 Å². The third kappa shape index (κ3) is 13.2. The Morgan fingerprint density at radius 1 is 0.294 bits per heavy atom. The second-order valence-corrected chi connectivity index (χ2v) is 34.8. The van der Waals surface area contributed by atoms with Crippen molar-refractivity contribution in [2.24, 2.45) is 28.2 Å². The molecular weight excluding hydrogens is 1330 g/mol. The smallest absolute Gasteiger partial charge is 0.212 e. The van der Waals surface area contributed by atoms with Gasteiger partial charge in [0.1, 0.15) is 73.6 Å². The van der Waals surface area contributed by atoms with Crippen LogP contribution in [0, 0.1) is 34.5 Å². The van der Waals surface area contributed by atoms with E-state index in [0.717, 1.165) is 69.4 Å². The van der Waals surface area contributed by atoms with Gasteiger partial charge in [-0.05, 0) is 226 Å². The maximum atomic E-state index is 8.16. The molecule has 5 aliphatic rings. The van der Waals surface area contributed by atoms with Gasteiger partial charge < -0.3 is 18.9 Å². The van der Waals surface area contributed by atoms with E-state index in [1.165, 1.54) is 101 Å². The highest BCUT2D eigenvalue weighted by Gasteiger charge is 2.62. The molecule has 4 aliphatic heterocycles. The quantitative estimate of drug-likeness (QED) is 0.142. The normalized spacial score (nSPS) is 17.5. The first kappa shape index (κ1) is 71.5. The molecule has 0 N–H and O–H groups in total. The van der Waals surface area contributed by atoms with Crippen molar-refractivity contribution >= 4 is 0 Å². The standard InChI is InChI=1S/C26H28NO.3C25H28NO/c1-17-14-18(2)21(23-8-6-7-13-27(23)5)16-20(17)19-9-10-22-24(15-19)28-25(3,4)26(22)11-12-26;1-17-10-7-8-11-19(17)21-15-14-18(16-26(21)6)20-12-9-13-22-23(20)24(2,3)25(4,5)27-22;1-17-10-7-8-11-19(17)22-15-14-18(16-26(22)6)20-12-9-13-21-23(20)27-25(4,5)24(21,2)3;1-17-9-7-8-10-20(17)22-13-11-19(16-26(22)6)18-12-14-23-21(15-18)24(2,3)25(4,5)27-23/h6-10,13-16H,11-12H2,1-5H3;3*7-16H,1-6H3/q4*+1/i1D3;;;. The number of hydrogen-bond donors (Lipinski definition) is 0. The molecule has 1 saturated carbocycles. The van der Waals surface area contributed by atoms with E-state index >= 15 is 0 Å². The van der Waals surface area contributed by atoms with Crippen LogP contribution < -0.4 is 37.2 Å². The number of aryl methyl sites for hydroxylation is 9. The van der Waals surface area contributed by atoms with E-state index in [9.17, 15) is 0 Å². The van der Waals surface area contributed by atoms with Gasteiger partial charge >= 0.3 is 0 Å². The average Bonchev–Trinajstić information content (AvgIpc) is 1.53. The van der Waals surface area contributed by atoms with Crippen LogP contribution in [0.4, 0.5) is 0 Å². The van der Waals surface area contributed by atoms with Crippen molar-refractivity contribution < 1.29 is 41.3 Å². The van der Waals surface area contributed by atoms with Gasteiger partial charge in [0.25, 0.3) is 0 Å². The van der Waals surface area contributed by atoms with E-state index in [0.29, 0.717) is 5.56 Å². The Bertz CT molecular complexity index is 5680. The zero-order valence-electron chi connectivity index (χ0n) is 71.4. The van der Waals surface area contributed by atoms with Crippen molar-refractivity contribution in [1.29, 1.82) is 0 Å². The summed E-state index contributed by atoms with van der Waals surface area (Å²) in [6, 6.07) is 74.6. The Labute approximate surface area is 653 Å². The number of hydrogen-bond acceptors (Lipinski definition) is 4. The fraction of sp³-hybridized carbons (Fsp3) is 0.327. The van der Waals surface area contributed by atoms with Crippen LogP contribution in [0.2, 0.25) is 0 Å². The summed E-state index contributed by atoms with van der Waals surface area (Å²) in [7, 11) is 8.37. The van der Waals surface area contributed by atoms with Gasteiger partial charge in [-0.25, -0.2) is 18.3 Å². The van der Waals surface area contributed by atoms with Crippen molar-refractivity contribution in [3.8, 4) is 113 Å². The lowest BCUT2D eigenvalue weighted by atomic mass is 9.71. The number of para-hydroxylation sites is 1. The van der Waals surface area contributed by atoms with E-state index in [4.69, 9.17) is 23.1 Å². The fourth-order valence-electron chi connectivity index (χ4n) is 16.9. The summed E-state index contributed by atoms with van der Waals surface area (Å²) < 4.78 is 58.6. The van der Waals surface area contributed by atoms with E-state index in [-0.39, 0.29) is 44.1 Å². The Kier molecular flexibility index (Phi) is 18.1. The van der Waals surface area contributed by atoms with E-state index in [1.807, 2.05) is 50.5 Å². The monoisotopic (exact) mass is 1450 g/mol. The summed E-state index contributed by atoms with van der Waals surface area (Å²) >= 11 is 0. The number of rotatable bonds is 8. The second-order valence-electron chi connectivity index (χ2n) is 34.8. The third-order valence-corrected chi connectivity index (χ3v) is 26.0. The molecule has 0 bridgehead atoms. The van der Waals surface area contributed by atoms with Crippen LogP contribution in [-0.2, 0) is 49.9 Å². The molecule has 8 heterocycles. The molecule has 12 aromatic rings. The molecule has 1 fully saturated rings. The lowest BCUT2D eigenvalue weighted by Crippen LogP contribution is -2.42. The van der Waals surface area contributed by atoms with Crippen LogP contribution in [0.3, 0.4) is 0 Å². The molecule has 4 aromatic heterocycles. The number of fused-ring (bicyclic) bond motifs is 5. The maximum Gasteiger partial charge on any atom is 0.212 e. The highest BCUT2D eigenvalue weighted by atomic mass is 16.5. The van der Waals surface area contributed by atoms with Gasteiger partial charge in [0.05, 0.1) is 0 Å². The summed E-state index contributed by atoms with van der Waals surface area (Å²) in [6.07, 6.45) is 11.0. The molecule has 0 amide bonds. The first-order chi connectivity index (χ1) is 52.7. The van der Waals surface area contributed by atoms with Crippen LogP contribution >= 0.6 is 0 Å². The Balaban J connectivity index is 0.000000124. The van der Waals surface area contributed by atoms with Crippen LogP contribution in [0.25, 0.3) is 89.5 Å². The molecule has 1 spiro atoms. The first-order valence-electron chi connectivity index (χ1n) is 40.3. The SMILES string of the molecule is Cc1ccccc1-c1ccc(-c2ccc3c(c2)C(C)(C)C(C)(C)O3)c[n+]1C.Cc1ccccc1-c1ccc(-c2cccc3c2C(C)(C)C(C)(C)O3)c[n+]1C.Cc1ccccc1-c1ccc(-c2cccc3c2OC(C)(C)C3(C)C)c[n+]1C.[2H]C([2H])([2H])c1cc(C)c(-c2cccc[n+]2C)cc1-c1ccc2c(c1)OC(C)(C)C21CC1. The zero-order chi connectivity index (χ0) is 80.4. The Morgan fingerprint density at radius 2 is 0.752 bits per heavy atom. The van der Waals surface area contributed by atoms with Crippen LogP contribution in [0.15, 0.2) is 237 Å². The lowest BCUT2D eigenvalue weighted by Gasteiger charge is -2.34. The third-order valence-electron chi connectivity index (χ3n) is 26.0. The molecule has 0 radical (unpaired) electrons. The predicted molar refractivity (Wildman–Crippen MR) is 446 cm³/mol. The summed E-state index contributed by atoms with van der Waals surface area (Å²) in [5.74, 6) is 3.93. The maximum absolute atomic E-state index is 8.16. The van der Waals surface area contributed by atoms with Gasteiger partial charge in [-0.15, -0.1) is 0 Å². The molecule has 1 aliphatic carbocycles. The molecule has 556 valence electrons. The summed E-state index contributed by atoms with van der Waals surface area (Å²) in [6.45, 7) is 37.3. The van der Waals surface area contributed by atoms with Gasteiger partial charge in [-0.1, -0.05) is 151 Å². The molecule has 8 heteroatoms. The minimum Gasteiger partial charge on any atom is -0.487 e. The molecule has 8 aromatic carbocycles. The molecule has 0 unspecified atom stereocenters. The molecule has 0 atom stereocenters. The van der Waals surface area contributed by atoms with Gasteiger partial charge in [-0.2, -0.15) is 0 Å². The highest BCUT2D eigenvalue weighted by molar-refractivity contribution is 5.79. The minimum absolute atomic E-state index is 0.0262. The Morgan fingerprint density at radius 3 is 1.31 bits per heavy atom. The van der Waals surface area contributed by atoms with Crippen molar-refractivity contribution in [1.82, 2.24) is 0 Å². The molecule has 17 rings (SSSR count). The number of benzene rings is 8. The second kappa shape index (κ2) is 27.6. The number of aromatic nitrogens is 4. The molecule has 0 saturated heterocycles. The van der Waals surface area contributed by atoms with Gasteiger partial charge in [0.2, 0.25) is 22.8 Å². The Hall–Kier alpha value is -10.4. The predicted octanol–water partition coefficient (Wildman–Crippen LogP) is 22.5. The van der Waals surface area contributed by atoms with Crippen molar-refractivity contribution in [3.05, 3.63) is 287 Å². The van der Waals surface area contributed by atoms with Crippen molar-refractivity contribution in [3.63, 3.8) is 0 Å². The fourth-order valence-corrected chi connectivity index (χ4v) is 16.9.